The fourth-order valence-electron chi connectivity index (χ4n) is 3.75. The zero-order chi connectivity index (χ0) is 19.0. The molecule has 0 bridgehead atoms. The van der Waals surface area contributed by atoms with Gasteiger partial charge in [-0.2, -0.15) is 4.98 Å². The van der Waals surface area contributed by atoms with Gasteiger partial charge in [-0.15, -0.1) is 0 Å². The number of likely N-dealkylation sites (tertiary alicyclic amines) is 1. The maximum Gasteiger partial charge on any atom is 0.272 e. The van der Waals surface area contributed by atoms with Crippen molar-refractivity contribution in [3.63, 3.8) is 0 Å². The third-order valence-corrected chi connectivity index (χ3v) is 4.95. The van der Waals surface area contributed by atoms with E-state index in [1.165, 1.54) is 4.52 Å². The van der Waals surface area contributed by atoms with E-state index in [0.717, 1.165) is 55.5 Å². The van der Waals surface area contributed by atoms with Crippen molar-refractivity contribution in [2.45, 2.75) is 52.5 Å². The third kappa shape index (κ3) is 3.95. The van der Waals surface area contributed by atoms with E-state index in [4.69, 9.17) is 4.52 Å². The van der Waals surface area contributed by atoms with E-state index in [-0.39, 0.29) is 11.5 Å². The third-order valence-electron chi connectivity index (χ3n) is 4.95. The van der Waals surface area contributed by atoms with Gasteiger partial charge < -0.3 is 4.52 Å². The number of hydrogen-bond donors (Lipinski definition) is 1. The molecule has 144 valence electrons. The van der Waals surface area contributed by atoms with Gasteiger partial charge in [-0.3, -0.25) is 14.8 Å². The summed E-state index contributed by atoms with van der Waals surface area (Å²) in [6.07, 6.45) is 2.95. The molecule has 3 aromatic rings. The predicted molar refractivity (Wildman–Crippen MR) is 101 cm³/mol. The number of piperidine rings is 1. The summed E-state index contributed by atoms with van der Waals surface area (Å²) in [6.45, 7) is 8.70. The summed E-state index contributed by atoms with van der Waals surface area (Å²) in [4.78, 5) is 23.8. The molecular formula is C19H26N6O2. The van der Waals surface area contributed by atoms with Gasteiger partial charge in [0.25, 0.3) is 5.56 Å². The fraction of sp³-hybridized carbons (Fsp3) is 0.579. The molecule has 8 heteroatoms. The van der Waals surface area contributed by atoms with Gasteiger partial charge in [-0.05, 0) is 32.2 Å². The quantitative estimate of drug-likeness (QED) is 0.741. The number of aromatic amines is 1. The lowest BCUT2D eigenvalue weighted by molar-refractivity contribution is 0.178. The van der Waals surface area contributed by atoms with E-state index < -0.39 is 0 Å². The molecule has 4 heterocycles. The summed E-state index contributed by atoms with van der Waals surface area (Å²) in [5, 5.41) is 7.13. The number of hydrogen-bond acceptors (Lipinski definition) is 6. The Morgan fingerprint density at radius 1 is 1.33 bits per heavy atom. The minimum absolute atomic E-state index is 0.0770. The molecule has 0 unspecified atom stereocenters. The molecule has 1 aliphatic rings. The number of aryl methyl sites for hydroxylation is 1. The number of nitrogens with one attached hydrogen (secondary N) is 1. The molecule has 3 aromatic heterocycles. The Hall–Kier alpha value is -2.48. The van der Waals surface area contributed by atoms with Gasteiger partial charge in [0.05, 0.1) is 11.6 Å². The second-order valence-corrected chi connectivity index (χ2v) is 7.94. The SMILES string of the molecule is Cc1cc2nc(CN3CCC[C@H](c4nc(CC(C)C)no4)C3)cc(=O)n2[nH]1. The van der Waals surface area contributed by atoms with Crippen LogP contribution in [-0.4, -0.2) is 42.7 Å². The lowest BCUT2D eigenvalue weighted by atomic mass is 9.98. The van der Waals surface area contributed by atoms with Crippen molar-refractivity contribution in [3.05, 3.63) is 45.6 Å². The van der Waals surface area contributed by atoms with Crippen LogP contribution < -0.4 is 5.56 Å². The Balaban J connectivity index is 1.47. The largest absolute Gasteiger partial charge is 0.339 e. The lowest BCUT2D eigenvalue weighted by Gasteiger charge is -2.30. The van der Waals surface area contributed by atoms with Crippen LogP contribution in [0, 0.1) is 12.8 Å². The molecule has 0 saturated carbocycles. The van der Waals surface area contributed by atoms with Crippen LogP contribution in [0.4, 0.5) is 0 Å². The Bertz CT molecular complexity index is 986. The average Bonchev–Trinajstić information content (AvgIpc) is 3.21. The number of fused-ring (bicyclic) bond motifs is 1. The van der Waals surface area contributed by atoms with Gasteiger partial charge in [-0.1, -0.05) is 19.0 Å². The summed E-state index contributed by atoms with van der Waals surface area (Å²) >= 11 is 0. The molecule has 1 N–H and O–H groups in total. The molecule has 1 atom stereocenters. The van der Waals surface area contributed by atoms with Gasteiger partial charge in [0, 0.05) is 37.3 Å². The first kappa shape index (κ1) is 17.9. The molecule has 0 spiro atoms. The predicted octanol–water partition coefficient (Wildman–Crippen LogP) is 2.29. The van der Waals surface area contributed by atoms with E-state index in [9.17, 15) is 4.79 Å². The van der Waals surface area contributed by atoms with Crippen molar-refractivity contribution in [3.8, 4) is 0 Å². The van der Waals surface area contributed by atoms with Crippen molar-refractivity contribution < 1.29 is 4.52 Å². The van der Waals surface area contributed by atoms with E-state index in [1.54, 1.807) is 6.07 Å². The van der Waals surface area contributed by atoms with Crippen LogP contribution in [0.25, 0.3) is 5.65 Å². The van der Waals surface area contributed by atoms with Crippen molar-refractivity contribution in [2.24, 2.45) is 5.92 Å². The molecule has 0 amide bonds. The molecule has 8 nitrogen and oxygen atoms in total. The van der Waals surface area contributed by atoms with Crippen LogP contribution >= 0.6 is 0 Å². The van der Waals surface area contributed by atoms with Gasteiger partial charge in [0.1, 0.15) is 0 Å². The molecule has 1 aliphatic heterocycles. The molecule has 0 radical (unpaired) electrons. The zero-order valence-corrected chi connectivity index (χ0v) is 16.1. The van der Waals surface area contributed by atoms with E-state index in [0.29, 0.717) is 18.1 Å². The Morgan fingerprint density at radius 2 is 2.19 bits per heavy atom. The summed E-state index contributed by atoms with van der Waals surface area (Å²) in [7, 11) is 0. The second kappa shape index (κ2) is 7.26. The minimum Gasteiger partial charge on any atom is -0.339 e. The number of rotatable bonds is 5. The molecular weight excluding hydrogens is 344 g/mol. The van der Waals surface area contributed by atoms with Crippen molar-refractivity contribution >= 4 is 5.65 Å². The molecule has 4 rings (SSSR count). The minimum atomic E-state index is -0.0770. The molecule has 27 heavy (non-hydrogen) atoms. The fourth-order valence-corrected chi connectivity index (χ4v) is 3.75. The summed E-state index contributed by atoms with van der Waals surface area (Å²) < 4.78 is 7.00. The highest BCUT2D eigenvalue weighted by Crippen LogP contribution is 2.26. The highest BCUT2D eigenvalue weighted by Gasteiger charge is 2.26. The Kier molecular flexibility index (Phi) is 4.82. The van der Waals surface area contributed by atoms with Crippen LogP contribution in [0.3, 0.4) is 0 Å². The topological polar surface area (TPSA) is 92.3 Å². The standard InChI is InChI=1S/C19H26N6O2/c1-12(2)7-16-21-19(27-23-16)14-5-4-6-24(10-14)11-15-9-18(26)25-17(20-15)8-13(3)22-25/h8-9,12,14,22H,4-7,10-11H2,1-3H3/t14-/m0/s1. The molecule has 0 aromatic carbocycles. The van der Waals surface area contributed by atoms with Crippen molar-refractivity contribution in [2.75, 3.05) is 13.1 Å². The van der Waals surface area contributed by atoms with Crippen LogP contribution in [0.15, 0.2) is 21.5 Å². The van der Waals surface area contributed by atoms with Gasteiger partial charge >= 0.3 is 0 Å². The second-order valence-electron chi connectivity index (χ2n) is 7.94. The number of H-pyrrole nitrogens is 1. The van der Waals surface area contributed by atoms with Gasteiger partial charge in [0.15, 0.2) is 11.5 Å². The van der Waals surface area contributed by atoms with Crippen LogP contribution in [0.5, 0.6) is 0 Å². The van der Waals surface area contributed by atoms with Crippen LogP contribution in [0.1, 0.15) is 55.7 Å². The number of aromatic nitrogens is 5. The molecule has 0 aliphatic carbocycles. The Labute approximate surface area is 157 Å². The number of nitrogens with zero attached hydrogens (tertiary/aromatic N) is 5. The maximum atomic E-state index is 12.3. The van der Waals surface area contributed by atoms with E-state index in [2.05, 4.69) is 39.0 Å². The van der Waals surface area contributed by atoms with Gasteiger partial charge in [-0.25, -0.2) is 9.50 Å². The average molecular weight is 370 g/mol. The zero-order valence-electron chi connectivity index (χ0n) is 16.1. The monoisotopic (exact) mass is 370 g/mol. The summed E-state index contributed by atoms with van der Waals surface area (Å²) in [6, 6.07) is 3.50. The Morgan fingerprint density at radius 3 is 3.00 bits per heavy atom. The molecule has 1 fully saturated rings. The first-order valence-corrected chi connectivity index (χ1v) is 9.61. The highest BCUT2D eigenvalue weighted by atomic mass is 16.5. The maximum absolute atomic E-state index is 12.3. The molecule has 1 saturated heterocycles. The van der Waals surface area contributed by atoms with E-state index in [1.807, 2.05) is 13.0 Å². The summed E-state index contributed by atoms with van der Waals surface area (Å²) in [5.74, 6) is 2.28. The smallest absolute Gasteiger partial charge is 0.272 e. The van der Waals surface area contributed by atoms with Crippen LogP contribution in [0.2, 0.25) is 0 Å². The van der Waals surface area contributed by atoms with Crippen LogP contribution in [-0.2, 0) is 13.0 Å². The normalized spacial score (nSPS) is 18.6. The first-order valence-electron chi connectivity index (χ1n) is 9.61. The van der Waals surface area contributed by atoms with Crippen molar-refractivity contribution in [1.29, 1.82) is 0 Å². The highest BCUT2D eigenvalue weighted by molar-refractivity contribution is 5.39. The van der Waals surface area contributed by atoms with Crippen molar-refractivity contribution in [1.82, 2.24) is 29.6 Å². The van der Waals surface area contributed by atoms with Gasteiger partial charge in [0.2, 0.25) is 5.89 Å². The lowest BCUT2D eigenvalue weighted by Crippen LogP contribution is -2.34. The summed E-state index contributed by atoms with van der Waals surface area (Å²) in [5.41, 5.74) is 2.31. The first-order chi connectivity index (χ1) is 13.0. The van der Waals surface area contributed by atoms with E-state index >= 15 is 0 Å².